The van der Waals surface area contributed by atoms with Gasteiger partial charge in [0.25, 0.3) is 0 Å². The zero-order valence-corrected chi connectivity index (χ0v) is 9.85. The highest BCUT2D eigenvalue weighted by Gasteiger charge is 2.44. The van der Waals surface area contributed by atoms with Gasteiger partial charge < -0.3 is 5.32 Å². The van der Waals surface area contributed by atoms with E-state index in [0.717, 1.165) is 12.8 Å². The van der Waals surface area contributed by atoms with Gasteiger partial charge in [0.15, 0.2) is 0 Å². The van der Waals surface area contributed by atoms with Crippen LogP contribution in [0.4, 0.5) is 0 Å². The monoisotopic (exact) mass is 209 g/mol. The van der Waals surface area contributed by atoms with Crippen LogP contribution >= 0.6 is 0 Å². The molecule has 1 heterocycles. The topological polar surface area (TPSA) is 29.1 Å². The molecule has 2 aliphatic rings. The van der Waals surface area contributed by atoms with Crippen molar-refractivity contribution < 1.29 is 4.79 Å². The van der Waals surface area contributed by atoms with Gasteiger partial charge in [-0.05, 0) is 24.7 Å². The van der Waals surface area contributed by atoms with E-state index in [1.165, 1.54) is 44.9 Å². The summed E-state index contributed by atoms with van der Waals surface area (Å²) in [5, 5.41) is 3.17. The van der Waals surface area contributed by atoms with Crippen molar-refractivity contribution in [2.75, 3.05) is 0 Å². The third-order valence-electron chi connectivity index (χ3n) is 4.34. The molecule has 2 rings (SSSR count). The maximum Gasteiger partial charge on any atom is 0.220 e. The summed E-state index contributed by atoms with van der Waals surface area (Å²) in [6, 6.07) is 0.461. The zero-order chi connectivity index (χ0) is 10.7. The van der Waals surface area contributed by atoms with E-state index in [1.54, 1.807) is 0 Å². The predicted octanol–water partition coefficient (Wildman–Crippen LogP) is 3.02. The first-order valence-corrected chi connectivity index (χ1v) is 6.56. The molecule has 0 aromatic rings. The predicted molar refractivity (Wildman–Crippen MR) is 61.6 cm³/mol. The normalized spacial score (nSPS) is 31.0. The summed E-state index contributed by atoms with van der Waals surface area (Å²) >= 11 is 0. The smallest absolute Gasteiger partial charge is 0.220 e. The molecule has 1 N–H and O–H groups in total. The average Bonchev–Trinajstić information content (AvgIpc) is 2.50. The fourth-order valence-corrected chi connectivity index (χ4v) is 3.51. The Balaban J connectivity index is 2.09. The van der Waals surface area contributed by atoms with Crippen LogP contribution in [0.1, 0.15) is 64.7 Å². The van der Waals surface area contributed by atoms with Gasteiger partial charge in [0, 0.05) is 12.5 Å². The molecule has 1 aliphatic carbocycles. The van der Waals surface area contributed by atoms with E-state index in [2.05, 4.69) is 12.2 Å². The molecule has 0 aromatic carbocycles. The Bertz CT molecular complexity index is 229. The standard InChI is InChI=1S/C13H23NO/c1-2-11-13(10-12(15)14-11)8-6-4-3-5-7-9-13/h11H,2-10H2,1H3,(H,14,15). The number of hydrogen-bond donors (Lipinski definition) is 1. The van der Waals surface area contributed by atoms with E-state index < -0.39 is 0 Å². The lowest BCUT2D eigenvalue weighted by atomic mass is 9.70. The molecule has 1 spiro atoms. The molecule has 2 nitrogen and oxygen atoms in total. The SMILES string of the molecule is CCC1NC(=O)CC12CCCCCCC2. The molecule has 15 heavy (non-hydrogen) atoms. The Hall–Kier alpha value is -0.530. The summed E-state index contributed by atoms with van der Waals surface area (Å²) in [6.07, 6.45) is 11.2. The highest BCUT2D eigenvalue weighted by atomic mass is 16.2. The van der Waals surface area contributed by atoms with Crippen molar-refractivity contribution in [2.24, 2.45) is 5.41 Å². The van der Waals surface area contributed by atoms with Crippen LogP contribution < -0.4 is 5.32 Å². The molecule has 0 aromatic heterocycles. The molecule has 1 saturated heterocycles. The van der Waals surface area contributed by atoms with Crippen molar-refractivity contribution in [3.8, 4) is 0 Å². The molecule has 1 saturated carbocycles. The van der Waals surface area contributed by atoms with E-state index in [-0.39, 0.29) is 0 Å². The van der Waals surface area contributed by atoms with Gasteiger partial charge in [-0.15, -0.1) is 0 Å². The van der Waals surface area contributed by atoms with Crippen LogP contribution in [0.15, 0.2) is 0 Å². The quantitative estimate of drug-likeness (QED) is 0.706. The van der Waals surface area contributed by atoms with Crippen molar-refractivity contribution in [1.29, 1.82) is 0 Å². The summed E-state index contributed by atoms with van der Waals surface area (Å²) in [5.74, 6) is 0.294. The summed E-state index contributed by atoms with van der Waals surface area (Å²) in [6.45, 7) is 2.21. The van der Waals surface area contributed by atoms with E-state index in [0.29, 0.717) is 17.4 Å². The first-order valence-electron chi connectivity index (χ1n) is 6.56. The average molecular weight is 209 g/mol. The number of amides is 1. The van der Waals surface area contributed by atoms with Crippen LogP contribution in [-0.2, 0) is 4.79 Å². The van der Waals surface area contributed by atoms with Crippen molar-refractivity contribution in [2.45, 2.75) is 70.8 Å². The van der Waals surface area contributed by atoms with Gasteiger partial charge in [-0.1, -0.05) is 39.0 Å². The van der Waals surface area contributed by atoms with Crippen LogP contribution in [-0.4, -0.2) is 11.9 Å². The number of carbonyl (C=O) groups is 1. The molecule has 1 atom stereocenters. The fraction of sp³-hybridized carbons (Fsp3) is 0.923. The molecule has 2 fully saturated rings. The Kier molecular flexibility index (Phi) is 3.32. The van der Waals surface area contributed by atoms with Gasteiger partial charge in [-0.2, -0.15) is 0 Å². The van der Waals surface area contributed by atoms with E-state index in [9.17, 15) is 4.79 Å². The molecule has 2 heteroatoms. The minimum absolute atomic E-state index is 0.294. The van der Waals surface area contributed by atoms with Crippen LogP contribution in [0, 0.1) is 5.41 Å². The maximum atomic E-state index is 11.6. The molecule has 1 unspecified atom stereocenters. The zero-order valence-electron chi connectivity index (χ0n) is 9.85. The highest BCUT2D eigenvalue weighted by Crippen LogP contribution is 2.44. The Morgan fingerprint density at radius 1 is 1.20 bits per heavy atom. The lowest BCUT2D eigenvalue weighted by Gasteiger charge is -2.35. The van der Waals surface area contributed by atoms with Gasteiger partial charge in [-0.25, -0.2) is 0 Å². The van der Waals surface area contributed by atoms with Gasteiger partial charge in [0.1, 0.15) is 0 Å². The second kappa shape index (κ2) is 4.54. The number of carbonyl (C=O) groups excluding carboxylic acids is 1. The van der Waals surface area contributed by atoms with Crippen LogP contribution in [0.25, 0.3) is 0 Å². The number of nitrogens with one attached hydrogen (secondary N) is 1. The van der Waals surface area contributed by atoms with Crippen molar-refractivity contribution >= 4 is 5.91 Å². The first-order chi connectivity index (χ1) is 7.27. The Labute approximate surface area is 92.8 Å². The molecule has 1 amide bonds. The lowest BCUT2D eigenvalue weighted by Crippen LogP contribution is -2.37. The summed E-state index contributed by atoms with van der Waals surface area (Å²) in [7, 11) is 0. The summed E-state index contributed by atoms with van der Waals surface area (Å²) in [5.41, 5.74) is 0.326. The van der Waals surface area contributed by atoms with Crippen LogP contribution in [0.2, 0.25) is 0 Å². The Morgan fingerprint density at radius 3 is 2.40 bits per heavy atom. The molecular formula is C13H23NO. The van der Waals surface area contributed by atoms with Gasteiger partial charge in [0.2, 0.25) is 5.91 Å². The second-order valence-electron chi connectivity index (χ2n) is 5.34. The van der Waals surface area contributed by atoms with Gasteiger partial charge >= 0.3 is 0 Å². The fourth-order valence-electron chi connectivity index (χ4n) is 3.51. The molecule has 1 aliphatic heterocycles. The summed E-state index contributed by atoms with van der Waals surface area (Å²) in [4.78, 5) is 11.6. The molecular weight excluding hydrogens is 186 g/mol. The highest BCUT2D eigenvalue weighted by molar-refractivity contribution is 5.80. The molecule has 86 valence electrons. The van der Waals surface area contributed by atoms with Gasteiger partial charge in [-0.3, -0.25) is 4.79 Å². The van der Waals surface area contributed by atoms with Crippen LogP contribution in [0.3, 0.4) is 0 Å². The Morgan fingerprint density at radius 2 is 1.80 bits per heavy atom. The minimum atomic E-state index is 0.294. The van der Waals surface area contributed by atoms with E-state index in [1.807, 2.05) is 0 Å². The van der Waals surface area contributed by atoms with Crippen molar-refractivity contribution in [3.05, 3.63) is 0 Å². The molecule has 0 bridgehead atoms. The third kappa shape index (κ3) is 2.19. The van der Waals surface area contributed by atoms with Crippen LogP contribution in [0.5, 0.6) is 0 Å². The maximum absolute atomic E-state index is 11.6. The lowest BCUT2D eigenvalue weighted by molar-refractivity contribution is -0.119. The molecule has 0 radical (unpaired) electrons. The first kappa shape index (κ1) is 11.0. The van der Waals surface area contributed by atoms with E-state index >= 15 is 0 Å². The van der Waals surface area contributed by atoms with Crippen molar-refractivity contribution in [3.63, 3.8) is 0 Å². The second-order valence-corrected chi connectivity index (χ2v) is 5.34. The minimum Gasteiger partial charge on any atom is -0.353 e. The third-order valence-corrected chi connectivity index (χ3v) is 4.34. The summed E-state index contributed by atoms with van der Waals surface area (Å²) < 4.78 is 0. The van der Waals surface area contributed by atoms with Gasteiger partial charge in [0.05, 0.1) is 0 Å². The number of rotatable bonds is 1. The van der Waals surface area contributed by atoms with E-state index in [4.69, 9.17) is 0 Å². The van der Waals surface area contributed by atoms with Crippen molar-refractivity contribution in [1.82, 2.24) is 5.32 Å². The number of hydrogen-bond acceptors (Lipinski definition) is 1. The largest absolute Gasteiger partial charge is 0.353 e.